The molecule has 12 heteroatoms. The maximum absolute atomic E-state index is 13.1. The quantitative estimate of drug-likeness (QED) is 0.540. The van der Waals surface area contributed by atoms with E-state index in [4.69, 9.17) is 27.7 Å². The summed E-state index contributed by atoms with van der Waals surface area (Å²) in [6, 6.07) is 5.79. The molecule has 0 aliphatic carbocycles. The zero-order chi connectivity index (χ0) is 20.9. The Hall–Kier alpha value is -2.31. The summed E-state index contributed by atoms with van der Waals surface area (Å²) in [5, 5.41) is 18.1. The van der Waals surface area contributed by atoms with Crippen LogP contribution in [0.5, 0.6) is 0 Å². The molecule has 28 heavy (non-hydrogen) atoms. The van der Waals surface area contributed by atoms with Gasteiger partial charge < -0.3 is 5.73 Å². The molecule has 7 nitrogen and oxygen atoms in total. The van der Waals surface area contributed by atoms with Crippen LogP contribution in [0.1, 0.15) is 11.1 Å². The molecule has 0 amide bonds. The van der Waals surface area contributed by atoms with Crippen LogP contribution in [0.2, 0.25) is 5.02 Å². The van der Waals surface area contributed by atoms with E-state index in [9.17, 15) is 21.6 Å². The first-order valence-corrected chi connectivity index (χ1v) is 9.43. The number of nitrogens with two attached hydrogens (primary N) is 1. The largest absolute Gasteiger partial charge is 0.416 e. The first-order chi connectivity index (χ1) is 13.0. The third kappa shape index (κ3) is 3.42. The van der Waals surface area contributed by atoms with E-state index in [1.54, 1.807) is 0 Å². The van der Waals surface area contributed by atoms with Crippen molar-refractivity contribution in [2.24, 2.45) is 5.73 Å². The molecule has 0 unspecified atom stereocenters. The Balaban J connectivity index is 2.28. The van der Waals surface area contributed by atoms with E-state index in [2.05, 4.69) is 0 Å². The lowest BCUT2D eigenvalue weighted by atomic mass is 10.1. The number of rotatable bonds is 4. The van der Waals surface area contributed by atoms with Crippen LogP contribution >= 0.6 is 11.6 Å². The molecule has 0 aliphatic heterocycles. The van der Waals surface area contributed by atoms with Crippen molar-refractivity contribution in [2.75, 3.05) is 5.23 Å². The van der Waals surface area contributed by atoms with Gasteiger partial charge in [-0.15, -0.1) is 5.23 Å². The summed E-state index contributed by atoms with van der Waals surface area (Å²) in [5.41, 5.74) is 4.27. The topological polar surface area (TPSA) is 109 Å². The number of aromatic nitrogens is 1. The van der Waals surface area contributed by atoms with Crippen LogP contribution in [-0.4, -0.2) is 22.8 Å². The molecule has 0 spiro atoms. The number of fused-ring (bicyclic) bond motifs is 1. The van der Waals surface area contributed by atoms with Crippen molar-refractivity contribution >= 4 is 38.2 Å². The van der Waals surface area contributed by atoms with E-state index >= 15 is 0 Å². The van der Waals surface area contributed by atoms with E-state index in [-0.39, 0.29) is 27.7 Å². The highest BCUT2D eigenvalue weighted by Gasteiger charge is 2.32. The summed E-state index contributed by atoms with van der Waals surface area (Å²) < 4.78 is 66.0. The Bertz CT molecular complexity index is 1160. The van der Waals surface area contributed by atoms with Gasteiger partial charge in [0.2, 0.25) is 0 Å². The summed E-state index contributed by atoms with van der Waals surface area (Å²) >= 11 is 5.78. The standard InChI is InChI=1S/C16H13ClF3N3O4S/c17-13-4-2-11(6-15(13)23(24)25)28(26,27)22-8-9(7-21)12-3-1-10(5-14(12)22)16(18,19)20/h1-6,8,24-25H,7,21H2. The number of hydrogen-bond acceptors (Lipinski definition) is 6. The van der Waals surface area contributed by atoms with Crippen molar-refractivity contribution in [1.29, 1.82) is 0 Å². The maximum atomic E-state index is 13.1. The summed E-state index contributed by atoms with van der Waals surface area (Å²) in [6.45, 7) is -0.0999. The molecule has 4 N–H and O–H groups in total. The molecule has 0 radical (unpaired) electrons. The van der Waals surface area contributed by atoms with Crippen LogP contribution < -0.4 is 11.0 Å². The van der Waals surface area contributed by atoms with Crippen LogP contribution in [0.3, 0.4) is 0 Å². The highest BCUT2D eigenvalue weighted by molar-refractivity contribution is 7.90. The second-order valence-electron chi connectivity index (χ2n) is 5.79. The predicted octanol–water partition coefficient (Wildman–Crippen LogP) is 3.59. The van der Waals surface area contributed by atoms with E-state index in [1.807, 2.05) is 0 Å². The van der Waals surface area contributed by atoms with E-state index in [0.717, 1.165) is 36.5 Å². The average molecular weight is 436 g/mol. The van der Waals surface area contributed by atoms with E-state index < -0.39 is 32.3 Å². The Morgan fingerprint density at radius 3 is 2.39 bits per heavy atom. The van der Waals surface area contributed by atoms with Crippen molar-refractivity contribution in [1.82, 2.24) is 3.97 Å². The van der Waals surface area contributed by atoms with Gasteiger partial charge in [0.1, 0.15) is 5.69 Å². The minimum absolute atomic E-state index is 0.0999. The van der Waals surface area contributed by atoms with E-state index in [1.165, 1.54) is 0 Å². The lowest BCUT2D eigenvalue weighted by Gasteiger charge is -2.13. The first kappa shape index (κ1) is 20.4. The SMILES string of the molecule is NCc1cn(S(=O)(=O)c2ccc(Cl)c(N(O)O)c2)c2cc(C(F)(F)F)ccc12. The molecule has 1 heterocycles. The fraction of sp³-hybridized carbons (Fsp3) is 0.125. The van der Waals surface area contributed by atoms with E-state index in [0.29, 0.717) is 15.6 Å². The summed E-state index contributed by atoms with van der Waals surface area (Å²) in [4.78, 5) is -0.419. The van der Waals surface area contributed by atoms with Gasteiger partial charge >= 0.3 is 6.18 Å². The molecule has 2 aromatic carbocycles. The van der Waals surface area contributed by atoms with Crippen molar-refractivity contribution in [3.8, 4) is 0 Å². The van der Waals surface area contributed by atoms with Crippen LogP contribution in [0.25, 0.3) is 10.9 Å². The number of halogens is 4. The average Bonchev–Trinajstić information content (AvgIpc) is 2.99. The highest BCUT2D eigenvalue weighted by Crippen LogP contribution is 2.35. The zero-order valence-corrected chi connectivity index (χ0v) is 15.4. The molecule has 1 aromatic heterocycles. The first-order valence-electron chi connectivity index (χ1n) is 7.61. The normalized spacial score (nSPS) is 12.5. The lowest BCUT2D eigenvalue weighted by Crippen LogP contribution is -2.15. The number of anilines is 1. The third-order valence-corrected chi connectivity index (χ3v) is 6.08. The van der Waals surface area contributed by atoms with Gasteiger partial charge in [0.15, 0.2) is 0 Å². The molecule has 0 atom stereocenters. The number of benzene rings is 2. The van der Waals surface area contributed by atoms with Crippen molar-refractivity contribution in [3.05, 3.63) is 58.7 Å². The molecule has 0 bridgehead atoms. The monoisotopic (exact) mass is 435 g/mol. The molecule has 0 saturated carbocycles. The molecule has 0 fully saturated rings. The van der Waals surface area contributed by atoms with Crippen LogP contribution in [-0.2, 0) is 22.7 Å². The summed E-state index contributed by atoms with van der Waals surface area (Å²) in [7, 11) is -4.40. The predicted molar refractivity (Wildman–Crippen MR) is 94.9 cm³/mol. The van der Waals surface area contributed by atoms with Gasteiger partial charge in [0.05, 0.1) is 21.0 Å². The van der Waals surface area contributed by atoms with Gasteiger partial charge in [-0.05, 0) is 35.9 Å². The van der Waals surface area contributed by atoms with Gasteiger partial charge in [-0.1, -0.05) is 17.7 Å². The van der Waals surface area contributed by atoms with Crippen LogP contribution in [0.15, 0.2) is 47.5 Å². The second-order valence-corrected chi connectivity index (χ2v) is 8.01. The number of hydrogen-bond donors (Lipinski definition) is 3. The Kier molecular flexibility index (Phi) is 5.06. The minimum Gasteiger partial charge on any atom is -0.326 e. The van der Waals surface area contributed by atoms with Crippen molar-refractivity contribution < 1.29 is 32.0 Å². The molecular formula is C16H13ClF3N3O4S. The fourth-order valence-corrected chi connectivity index (χ4v) is 4.32. The smallest absolute Gasteiger partial charge is 0.326 e. The van der Waals surface area contributed by atoms with Crippen LogP contribution in [0.4, 0.5) is 18.9 Å². The van der Waals surface area contributed by atoms with Gasteiger partial charge in [0, 0.05) is 18.1 Å². The third-order valence-electron chi connectivity index (χ3n) is 4.09. The van der Waals surface area contributed by atoms with Crippen LogP contribution in [0, 0.1) is 0 Å². The zero-order valence-electron chi connectivity index (χ0n) is 13.9. The van der Waals surface area contributed by atoms with Gasteiger partial charge in [-0.25, -0.2) is 12.4 Å². The molecule has 150 valence electrons. The summed E-state index contributed by atoms with van der Waals surface area (Å²) in [5.74, 6) is 0. The molecule has 0 aliphatic rings. The molecule has 0 saturated heterocycles. The molecule has 3 aromatic rings. The number of alkyl halides is 3. The maximum Gasteiger partial charge on any atom is 0.416 e. The summed E-state index contributed by atoms with van der Waals surface area (Å²) in [6.07, 6.45) is -3.54. The van der Waals surface area contributed by atoms with Crippen molar-refractivity contribution in [2.45, 2.75) is 17.6 Å². The minimum atomic E-state index is -4.67. The van der Waals surface area contributed by atoms with Gasteiger partial charge in [-0.3, -0.25) is 10.4 Å². The Morgan fingerprint density at radius 1 is 1.14 bits per heavy atom. The van der Waals surface area contributed by atoms with Gasteiger partial charge in [0.25, 0.3) is 10.0 Å². The highest BCUT2D eigenvalue weighted by atomic mass is 35.5. The Labute approximate surface area is 161 Å². The number of nitrogens with zero attached hydrogens (tertiary/aromatic N) is 2. The Morgan fingerprint density at radius 2 is 1.82 bits per heavy atom. The molecule has 3 rings (SSSR count). The fourth-order valence-electron chi connectivity index (χ4n) is 2.72. The lowest BCUT2D eigenvalue weighted by molar-refractivity contribution is -0.137. The molecular weight excluding hydrogens is 423 g/mol. The van der Waals surface area contributed by atoms with Crippen molar-refractivity contribution in [3.63, 3.8) is 0 Å². The second kappa shape index (κ2) is 6.94. The van der Waals surface area contributed by atoms with Gasteiger partial charge in [-0.2, -0.15) is 13.2 Å².